The monoisotopic (exact) mass is 466 g/mol. The van der Waals surface area contributed by atoms with Crippen molar-refractivity contribution in [2.45, 2.75) is 50.8 Å². The number of benzene rings is 2. The van der Waals surface area contributed by atoms with Gasteiger partial charge in [-0.1, -0.05) is 72.8 Å². The van der Waals surface area contributed by atoms with Crippen molar-refractivity contribution in [2.75, 3.05) is 0 Å². The first-order valence-corrected chi connectivity index (χ1v) is 12.1. The zero-order valence-electron chi connectivity index (χ0n) is 19.7. The Morgan fingerprint density at radius 3 is 1.46 bits per heavy atom. The van der Waals surface area contributed by atoms with E-state index in [1.165, 1.54) is 0 Å². The molecule has 1 fully saturated rings. The third kappa shape index (κ3) is 6.40. The first kappa shape index (κ1) is 23.4. The van der Waals surface area contributed by atoms with E-state index < -0.39 is 6.10 Å². The lowest BCUT2D eigenvalue weighted by molar-refractivity contribution is -0.0910. The van der Waals surface area contributed by atoms with E-state index in [1.54, 1.807) is 0 Å². The van der Waals surface area contributed by atoms with Gasteiger partial charge in [-0.05, 0) is 42.5 Å². The summed E-state index contributed by atoms with van der Waals surface area (Å²) in [6.07, 6.45) is 5.24. The average molecular weight is 467 g/mol. The van der Waals surface area contributed by atoms with Gasteiger partial charge >= 0.3 is 0 Å². The highest BCUT2D eigenvalue weighted by Gasteiger charge is 2.29. The van der Waals surface area contributed by atoms with Crippen molar-refractivity contribution in [3.05, 3.63) is 108 Å². The topological polar surface area (TPSA) is 64.5 Å². The van der Waals surface area contributed by atoms with Crippen LogP contribution >= 0.6 is 0 Å². The molecule has 0 radical (unpaired) electrons. The maximum atomic E-state index is 10.4. The van der Waals surface area contributed by atoms with Gasteiger partial charge in [0.2, 0.25) is 0 Å². The van der Waals surface area contributed by atoms with Crippen LogP contribution in [0.25, 0.3) is 22.5 Å². The molecule has 0 saturated heterocycles. The quantitative estimate of drug-likeness (QED) is 0.354. The van der Waals surface area contributed by atoms with Gasteiger partial charge in [-0.25, -0.2) is 0 Å². The smallest absolute Gasteiger partial charge is 0.0735 e. The average Bonchev–Trinajstić information content (AvgIpc) is 2.92. The van der Waals surface area contributed by atoms with Gasteiger partial charge in [0.1, 0.15) is 0 Å². The molecule has 2 aromatic carbocycles. The Labute approximate surface area is 206 Å². The van der Waals surface area contributed by atoms with E-state index in [0.29, 0.717) is 26.1 Å². The third-order valence-electron chi connectivity index (χ3n) is 6.36. The van der Waals surface area contributed by atoms with Gasteiger partial charge in [-0.3, -0.25) is 9.97 Å². The number of hydrogen-bond donors (Lipinski definition) is 1. The van der Waals surface area contributed by atoms with Gasteiger partial charge < -0.3 is 14.6 Å². The predicted molar refractivity (Wildman–Crippen MR) is 136 cm³/mol. The van der Waals surface area contributed by atoms with E-state index in [-0.39, 0.29) is 12.2 Å². The molecule has 4 aromatic rings. The van der Waals surface area contributed by atoms with Gasteiger partial charge in [0.25, 0.3) is 0 Å². The third-order valence-corrected chi connectivity index (χ3v) is 6.36. The molecule has 5 nitrogen and oxygen atoms in total. The molecule has 0 unspecified atom stereocenters. The predicted octanol–water partition coefficient (Wildman–Crippen LogP) is 5.83. The van der Waals surface area contributed by atoms with Crippen LogP contribution in [-0.4, -0.2) is 33.4 Å². The fourth-order valence-corrected chi connectivity index (χ4v) is 4.47. The minimum absolute atomic E-state index is 0.0452. The number of rotatable bonds is 8. The highest BCUT2D eigenvalue weighted by atomic mass is 16.5. The van der Waals surface area contributed by atoms with Crippen molar-refractivity contribution in [1.29, 1.82) is 0 Å². The largest absolute Gasteiger partial charge is 0.393 e. The van der Waals surface area contributed by atoms with Crippen molar-refractivity contribution in [3.8, 4) is 22.5 Å². The number of hydrogen-bond acceptors (Lipinski definition) is 5. The second-order valence-electron chi connectivity index (χ2n) is 9.06. The van der Waals surface area contributed by atoms with Crippen LogP contribution in [0.4, 0.5) is 0 Å². The summed E-state index contributed by atoms with van der Waals surface area (Å²) >= 11 is 0. The Balaban J connectivity index is 1.11. The zero-order valence-corrected chi connectivity index (χ0v) is 19.7. The molecule has 35 heavy (non-hydrogen) atoms. The molecule has 178 valence electrons. The maximum absolute atomic E-state index is 10.4. The van der Waals surface area contributed by atoms with Crippen LogP contribution in [0.3, 0.4) is 0 Å². The summed E-state index contributed by atoms with van der Waals surface area (Å²) in [5.74, 6) is 0. The number of aromatic nitrogens is 2. The summed E-state index contributed by atoms with van der Waals surface area (Å²) in [4.78, 5) is 9.14. The number of nitrogens with zero attached hydrogens (tertiary/aromatic N) is 2. The molecule has 0 bridgehead atoms. The summed E-state index contributed by atoms with van der Waals surface area (Å²) in [5.41, 5.74) is 6.13. The van der Waals surface area contributed by atoms with Crippen molar-refractivity contribution < 1.29 is 14.6 Å². The highest BCUT2D eigenvalue weighted by molar-refractivity contribution is 5.59. The van der Waals surface area contributed by atoms with Crippen LogP contribution in [0.15, 0.2) is 97.3 Å². The Kier molecular flexibility index (Phi) is 7.59. The molecule has 2 aromatic heterocycles. The fourth-order valence-electron chi connectivity index (χ4n) is 4.47. The van der Waals surface area contributed by atoms with Crippen molar-refractivity contribution in [2.24, 2.45) is 0 Å². The van der Waals surface area contributed by atoms with Crippen molar-refractivity contribution in [3.63, 3.8) is 0 Å². The molecule has 1 N–H and O–H groups in total. The van der Waals surface area contributed by atoms with Gasteiger partial charge in [0.15, 0.2) is 0 Å². The van der Waals surface area contributed by atoms with Crippen molar-refractivity contribution in [1.82, 2.24) is 9.97 Å². The molecule has 1 saturated carbocycles. The molecule has 5 rings (SSSR count). The molecule has 0 amide bonds. The van der Waals surface area contributed by atoms with Crippen LogP contribution in [0.1, 0.15) is 30.4 Å². The van der Waals surface area contributed by atoms with E-state index >= 15 is 0 Å². The maximum Gasteiger partial charge on any atom is 0.0735 e. The molecular formula is C30H30N2O3. The summed E-state index contributed by atoms with van der Waals surface area (Å²) < 4.78 is 12.3. The number of pyridine rings is 2. The van der Waals surface area contributed by atoms with Crippen LogP contribution in [-0.2, 0) is 22.7 Å². The van der Waals surface area contributed by atoms with Crippen molar-refractivity contribution >= 4 is 0 Å². The van der Waals surface area contributed by atoms with E-state index in [4.69, 9.17) is 9.47 Å². The van der Waals surface area contributed by atoms with Gasteiger partial charge in [0, 0.05) is 23.5 Å². The lowest BCUT2D eigenvalue weighted by Gasteiger charge is -2.32. The Bertz CT molecular complexity index is 1090. The molecule has 5 heteroatoms. The van der Waals surface area contributed by atoms with Crippen LogP contribution < -0.4 is 0 Å². The fraction of sp³-hybridized carbons (Fsp3) is 0.267. The second kappa shape index (κ2) is 11.4. The van der Waals surface area contributed by atoms with E-state index in [9.17, 15) is 5.11 Å². The second-order valence-corrected chi connectivity index (χ2v) is 9.06. The number of ether oxygens (including phenoxy) is 2. The first-order valence-electron chi connectivity index (χ1n) is 12.1. The van der Waals surface area contributed by atoms with Gasteiger partial charge in [-0.15, -0.1) is 0 Å². The lowest BCUT2D eigenvalue weighted by Crippen LogP contribution is -2.35. The SMILES string of the molecule is O[C@H]1C[C@@H](OCc2ccc(-c3ccccc3)nc2)C[C@@H](OCc2ccc(-c3ccccc3)nc2)C1. The zero-order chi connectivity index (χ0) is 23.9. The number of aliphatic hydroxyl groups is 1. The van der Waals surface area contributed by atoms with E-state index in [1.807, 2.05) is 60.9 Å². The van der Waals surface area contributed by atoms with E-state index in [2.05, 4.69) is 46.4 Å². The molecule has 1 aliphatic rings. The molecule has 3 atom stereocenters. The molecule has 0 spiro atoms. The van der Waals surface area contributed by atoms with Crippen LogP contribution in [0.2, 0.25) is 0 Å². The Morgan fingerprint density at radius 2 is 1.06 bits per heavy atom. The van der Waals surface area contributed by atoms with Gasteiger partial charge in [-0.2, -0.15) is 0 Å². The van der Waals surface area contributed by atoms with Crippen LogP contribution in [0.5, 0.6) is 0 Å². The first-order chi connectivity index (χ1) is 17.2. The summed E-state index contributed by atoms with van der Waals surface area (Å²) in [6, 6.07) is 28.4. The summed E-state index contributed by atoms with van der Waals surface area (Å²) in [5, 5.41) is 10.4. The summed E-state index contributed by atoms with van der Waals surface area (Å²) in [7, 11) is 0. The van der Waals surface area contributed by atoms with E-state index in [0.717, 1.165) is 40.1 Å². The normalized spacial score (nSPS) is 20.0. The molecular weight excluding hydrogens is 436 g/mol. The van der Waals surface area contributed by atoms with Crippen LogP contribution in [0, 0.1) is 0 Å². The Morgan fingerprint density at radius 1 is 0.600 bits per heavy atom. The molecule has 0 aliphatic heterocycles. The highest BCUT2D eigenvalue weighted by Crippen LogP contribution is 2.26. The molecule has 1 aliphatic carbocycles. The lowest BCUT2D eigenvalue weighted by atomic mass is 9.92. The minimum atomic E-state index is -0.420. The standard InChI is InChI=1S/C30H30N2O3/c33-26-15-27(34-20-22-11-13-29(31-18-22)24-7-3-1-4-8-24)17-28(16-26)35-21-23-12-14-30(32-19-23)25-9-5-2-6-10-25/h1-14,18-19,26-28,33H,15-17,20-21H2/t26-,27+,28-. The number of aliphatic hydroxyl groups excluding tert-OH is 1. The minimum Gasteiger partial charge on any atom is -0.393 e. The van der Waals surface area contributed by atoms with Gasteiger partial charge in [0.05, 0.1) is 42.9 Å². The Hall–Kier alpha value is -3.38. The molecule has 2 heterocycles. The summed E-state index contributed by atoms with van der Waals surface area (Å²) in [6.45, 7) is 0.939.